The topological polar surface area (TPSA) is 46.3 Å². The average Bonchev–Trinajstić information content (AvgIpc) is 2.30. The lowest BCUT2D eigenvalue weighted by atomic mass is 9.90. The van der Waals surface area contributed by atoms with Crippen LogP contribution in [0.15, 0.2) is 12.3 Å². The molecule has 0 saturated carbocycles. The number of hydrogen-bond acceptors (Lipinski definition) is 4. The van der Waals surface area contributed by atoms with Crippen molar-refractivity contribution in [2.45, 2.75) is 18.4 Å². The van der Waals surface area contributed by atoms with Gasteiger partial charge in [0, 0.05) is 19.4 Å². The molecule has 0 aromatic carbocycles. The highest BCUT2D eigenvalue weighted by Gasteiger charge is 2.37. The number of aromatic nitrogens is 1. The molecule has 1 aromatic rings. The minimum absolute atomic E-state index is 0.0187. The Hall–Kier alpha value is -1.07. The van der Waals surface area contributed by atoms with Gasteiger partial charge in [0.1, 0.15) is 12.4 Å². The van der Waals surface area contributed by atoms with Gasteiger partial charge in [-0.2, -0.15) is 0 Å². The minimum atomic E-state index is 0.0187. The van der Waals surface area contributed by atoms with Gasteiger partial charge in [-0.3, -0.25) is 0 Å². The van der Waals surface area contributed by atoms with E-state index in [1.54, 1.807) is 0 Å². The number of ether oxygens (including phenoxy) is 2. The lowest BCUT2D eigenvalue weighted by molar-refractivity contribution is 0.0383. The highest BCUT2D eigenvalue weighted by molar-refractivity contribution is 7.71. The number of anilines is 1. The third kappa shape index (κ3) is 1.60. The first-order valence-electron chi connectivity index (χ1n) is 5.50. The molecule has 16 heavy (non-hydrogen) atoms. The van der Waals surface area contributed by atoms with Gasteiger partial charge in [-0.15, -0.1) is 0 Å². The van der Waals surface area contributed by atoms with Crippen molar-refractivity contribution < 1.29 is 9.47 Å². The van der Waals surface area contributed by atoms with Gasteiger partial charge >= 0.3 is 0 Å². The summed E-state index contributed by atoms with van der Waals surface area (Å²) >= 11 is 5.22. The number of fused-ring (bicyclic) bond motifs is 1. The summed E-state index contributed by atoms with van der Waals surface area (Å²) in [5.41, 5.74) is 0.0187. The molecule has 3 rings (SSSR count). The Morgan fingerprint density at radius 2 is 2.12 bits per heavy atom. The third-order valence-electron chi connectivity index (χ3n) is 3.25. The van der Waals surface area contributed by atoms with Crippen molar-refractivity contribution in [2.75, 3.05) is 25.1 Å². The van der Waals surface area contributed by atoms with Crippen LogP contribution in [0, 0.1) is 4.51 Å². The minimum Gasteiger partial charge on any atom is -0.486 e. The molecule has 2 aliphatic heterocycles. The summed E-state index contributed by atoms with van der Waals surface area (Å²) in [5.74, 6) is 1.68. The molecule has 5 heteroatoms. The van der Waals surface area contributed by atoms with E-state index < -0.39 is 0 Å². The first-order chi connectivity index (χ1) is 7.79. The maximum Gasteiger partial charge on any atom is 0.177 e. The number of rotatable bonds is 0. The molecule has 2 N–H and O–H groups in total. The fourth-order valence-electron chi connectivity index (χ4n) is 2.24. The molecule has 0 atom stereocenters. The summed E-state index contributed by atoms with van der Waals surface area (Å²) in [6, 6.07) is 1.85. The second-order valence-corrected chi connectivity index (χ2v) is 4.79. The van der Waals surface area contributed by atoms with E-state index in [1.807, 2.05) is 12.3 Å². The van der Waals surface area contributed by atoms with Crippen LogP contribution in [-0.4, -0.2) is 30.3 Å². The van der Waals surface area contributed by atoms with Crippen molar-refractivity contribution in [3.63, 3.8) is 0 Å². The van der Waals surface area contributed by atoms with Gasteiger partial charge in [-0.05, 0) is 18.9 Å². The molecule has 1 fully saturated rings. The summed E-state index contributed by atoms with van der Waals surface area (Å²) in [6.45, 7) is 2.25. The van der Waals surface area contributed by atoms with Gasteiger partial charge in [0.15, 0.2) is 5.75 Å². The van der Waals surface area contributed by atoms with Crippen LogP contribution in [0.1, 0.15) is 12.8 Å². The van der Waals surface area contributed by atoms with Crippen molar-refractivity contribution in [1.82, 2.24) is 4.98 Å². The highest BCUT2D eigenvalue weighted by atomic mass is 32.1. The molecule has 0 amide bonds. The van der Waals surface area contributed by atoms with Gasteiger partial charge in [0.25, 0.3) is 0 Å². The molecule has 1 spiro atoms. The molecule has 1 saturated heterocycles. The molecule has 0 bridgehead atoms. The van der Waals surface area contributed by atoms with E-state index in [2.05, 4.69) is 10.3 Å². The van der Waals surface area contributed by atoms with E-state index >= 15 is 0 Å². The predicted molar refractivity (Wildman–Crippen MR) is 63.5 cm³/mol. The molecule has 0 aliphatic carbocycles. The van der Waals surface area contributed by atoms with Crippen LogP contribution in [-0.2, 0) is 4.74 Å². The van der Waals surface area contributed by atoms with Gasteiger partial charge in [-0.25, -0.2) is 0 Å². The first kappa shape index (κ1) is 10.1. The van der Waals surface area contributed by atoms with E-state index in [4.69, 9.17) is 21.7 Å². The van der Waals surface area contributed by atoms with Crippen LogP contribution in [0.25, 0.3) is 0 Å². The highest BCUT2D eigenvalue weighted by Crippen LogP contribution is 2.35. The third-order valence-corrected chi connectivity index (χ3v) is 3.57. The Morgan fingerprint density at radius 3 is 2.94 bits per heavy atom. The van der Waals surface area contributed by atoms with Crippen molar-refractivity contribution in [2.24, 2.45) is 0 Å². The zero-order valence-corrected chi connectivity index (χ0v) is 9.73. The van der Waals surface area contributed by atoms with Crippen LogP contribution >= 0.6 is 12.2 Å². The maximum atomic E-state index is 5.79. The Bertz CT molecular complexity index is 452. The summed E-state index contributed by atoms with van der Waals surface area (Å²) in [4.78, 5) is 3.16. The molecular weight excluding hydrogens is 224 g/mol. The van der Waals surface area contributed by atoms with Crippen LogP contribution in [0.4, 0.5) is 5.82 Å². The quantitative estimate of drug-likeness (QED) is 0.679. The summed E-state index contributed by atoms with van der Waals surface area (Å²) in [7, 11) is 0. The Labute approximate surface area is 99.0 Å². The van der Waals surface area contributed by atoms with Gasteiger partial charge < -0.3 is 19.8 Å². The van der Waals surface area contributed by atoms with Gasteiger partial charge in [0.2, 0.25) is 0 Å². The first-order valence-corrected chi connectivity index (χ1v) is 5.90. The number of hydrogen-bond donors (Lipinski definition) is 2. The Morgan fingerprint density at radius 1 is 1.31 bits per heavy atom. The normalized spacial score (nSPS) is 22.0. The van der Waals surface area contributed by atoms with Crippen molar-refractivity contribution in [3.05, 3.63) is 16.8 Å². The average molecular weight is 238 g/mol. The molecule has 3 heterocycles. The van der Waals surface area contributed by atoms with E-state index in [1.165, 1.54) is 0 Å². The lowest BCUT2D eigenvalue weighted by Crippen LogP contribution is -2.50. The van der Waals surface area contributed by atoms with E-state index in [0.717, 1.165) is 42.1 Å². The van der Waals surface area contributed by atoms with E-state index in [0.29, 0.717) is 6.61 Å². The molecule has 86 valence electrons. The fourth-order valence-corrected chi connectivity index (χ4v) is 2.47. The zero-order valence-electron chi connectivity index (χ0n) is 8.91. The summed E-state index contributed by atoms with van der Waals surface area (Å²) in [5, 5.41) is 3.53. The fraction of sp³-hybridized carbons (Fsp3) is 0.545. The summed E-state index contributed by atoms with van der Waals surface area (Å²) in [6.07, 6.45) is 3.79. The standard InChI is InChI=1S/C11H14N2O2S/c16-8-1-4-12-10-9(8)15-7-11(13-10)2-5-14-6-3-11/h1,4H,2-3,5-7H2,(H2,12,13,16). The number of aromatic amines is 1. The zero-order chi connectivity index (χ0) is 11.0. The molecule has 1 aromatic heterocycles. The second kappa shape index (κ2) is 3.75. The number of nitrogens with one attached hydrogen (secondary N) is 2. The predicted octanol–water partition coefficient (Wildman–Crippen LogP) is 2.10. The monoisotopic (exact) mass is 238 g/mol. The molecule has 4 nitrogen and oxygen atoms in total. The lowest BCUT2D eigenvalue weighted by Gasteiger charge is -2.41. The molecule has 0 radical (unpaired) electrons. The molecule has 0 unspecified atom stereocenters. The van der Waals surface area contributed by atoms with Gasteiger partial charge in [0.05, 0.1) is 10.0 Å². The SMILES string of the molecule is S=c1cc[nH]c2c1OCC1(CCOCC1)N2. The molecular formula is C11H14N2O2S. The van der Waals surface area contributed by atoms with Crippen LogP contribution in [0.3, 0.4) is 0 Å². The van der Waals surface area contributed by atoms with Crippen LogP contribution in [0.5, 0.6) is 5.75 Å². The van der Waals surface area contributed by atoms with Crippen molar-refractivity contribution >= 4 is 18.0 Å². The summed E-state index contributed by atoms with van der Waals surface area (Å²) < 4.78 is 11.9. The largest absolute Gasteiger partial charge is 0.486 e. The van der Waals surface area contributed by atoms with Crippen LogP contribution < -0.4 is 10.1 Å². The second-order valence-electron chi connectivity index (χ2n) is 4.35. The van der Waals surface area contributed by atoms with Crippen molar-refractivity contribution in [1.29, 1.82) is 0 Å². The van der Waals surface area contributed by atoms with Crippen LogP contribution in [0.2, 0.25) is 0 Å². The Kier molecular flexibility index (Phi) is 2.37. The van der Waals surface area contributed by atoms with Crippen molar-refractivity contribution in [3.8, 4) is 5.75 Å². The number of H-pyrrole nitrogens is 1. The number of pyridine rings is 1. The van der Waals surface area contributed by atoms with E-state index in [9.17, 15) is 0 Å². The Balaban J connectivity index is 1.94. The van der Waals surface area contributed by atoms with Gasteiger partial charge in [-0.1, -0.05) is 12.2 Å². The maximum absolute atomic E-state index is 5.79. The smallest absolute Gasteiger partial charge is 0.177 e. The van der Waals surface area contributed by atoms with E-state index in [-0.39, 0.29) is 5.54 Å². The molecule has 2 aliphatic rings.